The molecule has 1 aromatic carbocycles. The van der Waals surface area contributed by atoms with Crippen molar-refractivity contribution < 1.29 is 4.79 Å². The molecule has 3 aromatic heterocycles. The van der Waals surface area contributed by atoms with Gasteiger partial charge in [-0.15, -0.1) is 16.4 Å². The van der Waals surface area contributed by atoms with Gasteiger partial charge < -0.3 is 10.6 Å². The van der Waals surface area contributed by atoms with E-state index >= 15 is 0 Å². The van der Waals surface area contributed by atoms with E-state index in [2.05, 4.69) is 32.1 Å². The number of aromatic nitrogens is 5. The van der Waals surface area contributed by atoms with Gasteiger partial charge in [-0.25, -0.2) is 14.2 Å². The molecular formula is C17H17N7OS. The zero-order valence-corrected chi connectivity index (χ0v) is 14.7. The van der Waals surface area contributed by atoms with Crippen LogP contribution in [0, 0.1) is 0 Å². The van der Waals surface area contributed by atoms with Gasteiger partial charge in [-0.3, -0.25) is 0 Å². The predicted octanol–water partition coefficient (Wildman–Crippen LogP) is 2.56. The first-order chi connectivity index (χ1) is 12.8. The van der Waals surface area contributed by atoms with Crippen molar-refractivity contribution in [1.29, 1.82) is 0 Å². The van der Waals surface area contributed by atoms with Crippen molar-refractivity contribution in [3.8, 4) is 0 Å². The van der Waals surface area contributed by atoms with E-state index in [-0.39, 0.29) is 6.03 Å². The van der Waals surface area contributed by atoms with Crippen LogP contribution >= 0.6 is 11.3 Å². The highest BCUT2D eigenvalue weighted by Gasteiger charge is 2.07. The van der Waals surface area contributed by atoms with Crippen LogP contribution in [0.25, 0.3) is 11.0 Å². The molecule has 26 heavy (non-hydrogen) atoms. The summed E-state index contributed by atoms with van der Waals surface area (Å²) in [4.78, 5) is 13.2. The molecule has 4 rings (SSSR count). The molecule has 0 fully saturated rings. The zero-order valence-electron chi connectivity index (χ0n) is 13.9. The van der Waals surface area contributed by atoms with Crippen LogP contribution in [0.3, 0.4) is 0 Å². The summed E-state index contributed by atoms with van der Waals surface area (Å²) in [6, 6.07) is 11.6. The van der Waals surface area contributed by atoms with Crippen LogP contribution in [0.15, 0.2) is 54.2 Å². The van der Waals surface area contributed by atoms with Crippen LogP contribution in [0.5, 0.6) is 0 Å². The Morgan fingerprint density at radius 3 is 3.00 bits per heavy atom. The van der Waals surface area contributed by atoms with Crippen molar-refractivity contribution in [1.82, 2.24) is 30.1 Å². The number of amides is 2. The van der Waals surface area contributed by atoms with Crippen molar-refractivity contribution in [2.45, 2.75) is 13.1 Å². The molecule has 0 saturated heterocycles. The molecule has 2 N–H and O–H groups in total. The van der Waals surface area contributed by atoms with E-state index in [0.717, 1.165) is 17.5 Å². The van der Waals surface area contributed by atoms with Gasteiger partial charge in [-0.1, -0.05) is 23.4 Å². The van der Waals surface area contributed by atoms with Gasteiger partial charge in [0, 0.05) is 11.4 Å². The van der Waals surface area contributed by atoms with E-state index < -0.39 is 0 Å². The van der Waals surface area contributed by atoms with E-state index in [9.17, 15) is 4.79 Å². The maximum atomic E-state index is 12.0. The van der Waals surface area contributed by atoms with Crippen LogP contribution in [-0.4, -0.2) is 37.4 Å². The normalized spacial score (nSPS) is 10.9. The molecule has 0 atom stereocenters. The maximum Gasteiger partial charge on any atom is 0.319 e. The van der Waals surface area contributed by atoms with Crippen molar-refractivity contribution in [2.75, 3.05) is 11.9 Å². The second-order valence-corrected chi connectivity index (χ2v) is 6.73. The fraction of sp³-hybridized carbons (Fsp3) is 0.176. The third kappa shape index (κ3) is 3.72. The van der Waals surface area contributed by atoms with Gasteiger partial charge in [0.05, 0.1) is 23.6 Å². The quantitative estimate of drug-likeness (QED) is 0.548. The summed E-state index contributed by atoms with van der Waals surface area (Å²) in [7, 11) is 0. The van der Waals surface area contributed by atoms with Gasteiger partial charge in [0.1, 0.15) is 12.2 Å². The van der Waals surface area contributed by atoms with E-state index in [1.807, 2.05) is 35.7 Å². The molecule has 8 nitrogen and oxygen atoms in total. The lowest BCUT2D eigenvalue weighted by atomic mass is 10.3. The molecule has 4 aromatic rings. The monoisotopic (exact) mass is 367 g/mol. The fourth-order valence-corrected chi connectivity index (χ4v) is 3.30. The first-order valence-electron chi connectivity index (χ1n) is 8.16. The SMILES string of the molecule is O=C(NCCc1cccs1)Nc1cnn(Cn2nnc3ccccc32)c1. The average molecular weight is 367 g/mol. The van der Waals surface area contributed by atoms with E-state index in [0.29, 0.717) is 18.9 Å². The molecule has 132 valence electrons. The summed E-state index contributed by atoms with van der Waals surface area (Å²) < 4.78 is 3.45. The van der Waals surface area contributed by atoms with Crippen molar-refractivity contribution in [2.24, 2.45) is 0 Å². The van der Waals surface area contributed by atoms with Gasteiger partial charge in [-0.2, -0.15) is 5.10 Å². The predicted molar refractivity (Wildman–Crippen MR) is 100 cm³/mol. The number of urea groups is 1. The number of para-hydroxylation sites is 1. The Labute approximate surface area is 153 Å². The first kappa shape index (κ1) is 16.3. The van der Waals surface area contributed by atoms with E-state index in [4.69, 9.17) is 0 Å². The minimum Gasteiger partial charge on any atom is -0.338 e. The van der Waals surface area contributed by atoms with Gasteiger partial charge in [0.2, 0.25) is 0 Å². The number of carbonyl (C=O) groups is 1. The number of thiophene rings is 1. The lowest BCUT2D eigenvalue weighted by molar-refractivity contribution is 0.252. The Bertz CT molecular complexity index is 1010. The number of nitrogens with zero attached hydrogens (tertiary/aromatic N) is 5. The molecule has 2 amide bonds. The standard InChI is InChI=1S/C17H17N7OS/c25-17(18-8-7-14-4-3-9-26-14)20-13-10-19-23(11-13)12-24-16-6-2-1-5-15(16)21-22-24/h1-6,9-11H,7-8,12H2,(H2,18,20,25). The van der Waals surface area contributed by atoms with Crippen LogP contribution in [-0.2, 0) is 13.1 Å². The molecule has 0 bridgehead atoms. The van der Waals surface area contributed by atoms with E-state index in [1.54, 1.807) is 33.1 Å². The molecule has 9 heteroatoms. The van der Waals surface area contributed by atoms with Gasteiger partial charge in [0.25, 0.3) is 0 Å². The highest BCUT2D eigenvalue weighted by Crippen LogP contribution is 2.11. The van der Waals surface area contributed by atoms with Gasteiger partial charge in [0.15, 0.2) is 0 Å². The van der Waals surface area contributed by atoms with Gasteiger partial charge in [-0.05, 0) is 30.0 Å². The van der Waals surface area contributed by atoms with Crippen LogP contribution < -0.4 is 10.6 Å². The summed E-state index contributed by atoms with van der Waals surface area (Å²) >= 11 is 1.69. The molecular weight excluding hydrogens is 350 g/mol. The number of hydrogen-bond acceptors (Lipinski definition) is 5. The van der Waals surface area contributed by atoms with Crippen LogP contribution in [0.4, 0.5) is 10.5 Å². The number of nitrogens with one attached hydrogen (secondary N) is 2. The molecule has 0 saturated carbocycles. The van der Waals surface area contributed by atoms with Crippen LogP contribution in [0.2, 0.25) is 0 Å². The number of carbonyl (C=O) groups excluding carboxylic acids is 1. The Balaban J connectivity index is 1.32. The Morgan fingerprint density at radius 1 is 1.19 bits per heavy atom. The third-order valence-electron chi connectivity index (χ3n) is 3.83. The lowest BCUT2D eigenvalue weighted by Gasteiger charge is -2.05. The van der Waals surface area contributed by atoms with Crippen LogP contribution in [0.1, 0.15) is 4.88 Å². The summed E-state index contributed by atoms with van der Waals surface area (Å²) in [6.07, 6.45) is 4.19. The smallest absolute Gasteiger partial charge is 0.319 e. The fourth-order valence-electron chi connectivity index (χ4n) is 2.59. The largest absolute Gasteiger partial charge is 0.338 e. The van der Waals surface area contributed by atoms with Crippen molar-refractivity contribution >= 4 is 34.1 Å². The number of rotatable bonds is 6. The zero-order chi connectivity index (χ0) is 17.8. The highest BCUT2D eigenvalue weighted by molar-refractivity contribution is 7.09. The Kier molecular flexibility index (Phi) is 4.61. The first-order valence-corrected chi connectivity index (χ1v) is 9.04. The summed E-state index contributed by atoms with van der Waals surface area (Å²) in [6.45, 7) is 1.01. The average Bonchev–Trinajstić information content (AvgIpc) is 3.38. The third-order valence-corrected chi connectivity index (χ3v) is 4.76. The minimum absolute atomic E-state index is 0.243. The molecule has 3 heterocycles. The number of fused-ring (bicyclic) bond motifs is 1. The van der Waals surface area contributed by atoms with E-state index in [1.165, 1.54) is 4.88 Å². The summed E-state index contributed by atoms with van der Waals surface area (Å²) in [5, 5.41) is 20.2. The van der Waals surface area contributed by atoms with Crippen molar-refractivity contribution in [3.63, 3.8) is 0 Å². The topological polar surface area (TPSA) is 89.7 Å². The lowest BCUT2D eigenvalue weighted by Crippen LogP contribution is -2.30. The summed E-state index contributed by atoms with van der Waals surface area (Å²) in [5.41, 5.74) is 2.40. The molecule has 0 aliphatic heterocycles. The molecule has 0 aliphatic carbocycles. The summed E-state index contributed by atoms with van der Waals surface area (Å²) in [5.74, 6) is 0. The number of benzene rings is 1. The molecule has 0 radical (unpaired) electrons. The number of hydrogen-bond donors (Lipinski definition) is 2. The second-order valence-electron chi connectivity index (χ2n) is 5.70. The minimum atomic E-state index is -0.243. The molecule has 0 aliphatic rings. The van der Waals surface area contributed by atoms with Gasteiger partial charge >= 0.3 is 6.03 Å². The maximum absolute atomic E-state index is 12.0. The molecule has 0 unspecified atom stereocenters. The Hall–Kier alpha value is -3.20. The number of anilines is 1. The molecule has 0 spiro atoms. The van der Waals surface area contributed by atoms with Crippen molar-refractivity contribution in [3.05, 3.63) is 59.0 Å². The Morgan fingerprint density at radius 2 is 2.12 bits per heavy atom. The highest BCUT2D eigenvalue weighted by atomic mass is 32.1. The second kappa shape index (κ2) is 7.36.